The van der Waals surface area contributed by atoms with E-state index in [1.807, 2.05) is 6.92 Å². The molecule has 1 aromatic carbocycles. The molecule has 7 nitrogen and oxygen atoms in total. The molecule has 0 spiro atoms. The maximum Gasteiger partial charge on any atom is 0.330 e. The highest BCUT2D eigenvalue weighted by Crippen LogP contribution is 2.25. The van der Waals surface area contributed by atoms with Crippen LogP contribution < -0.4 is 4.74 Å². The molecule has 0 aliphatic carbocycles. The van der Waals surface area contributed by atoms with E-state index in [4.69, 9.17) is 14.2 Å². The minimum Gasteiger partial charge on any atom is -0.497 e. The molecule has 0 saturated heterocycles. The van der Waals surface area contributed by atoms with Gasteiger partial charge in [-0.15, -0.1) is 0 Å². The lowest BCUT2D eigenvalue weighted by Crippen LogP contribution is -2.40. The van der Waals surface area contributed by atoms with Crippen molar-refractivity contribution < 1.29 is 33.7 Å². The summed E-state index contributed by atoms with van der Waals surface area (Å²) in [6, 6.07) is 7.02. The molecule has 0 radical (unpaired) electrons. The van der Waals surface area contributed by atoms with Crippen LogP contribution in [-0.2, 0) is 23.9 Å². The van der Waals surface area contributed by atoms with Crippen molar-refractivity contribution in [2.75, 3.05) is 20.3 Å². The van der Waals surface area contributed by atoms with Crippen molar-refractivity contribution in [3.8, 4) is 5.75 Å². The van der Waals surface area contributed by atoms with Crippen molar-refractivity contribution in [3.63, 3.8) is 0 Å². The fourth-order valence-corrected chi connectivity index (χ4v) is 1.89. The molecule has 0 fully saturated rings. The molecule has 1 aromatic rings. The molecule has 0 aliphatic heterocycles. The summed E-state index contributed by atoms with van der Waals surface area (Å²) in [6.07, 6.45) is 3.31. The zero-order valence-electron chi connectivity index (χ0n) is 17.0. The number of aliphatic carboxylic acids is 1. The van der Waals surface area contributed by atoms with Gasteiger partial charge in [0.2, 0.25) is 0 Å². The lowest BCUT2D eigenvalue weighted by atomic mass is 9.90. The maximum atomic E-state index is 12.1. The van der Waals surface area contributed by atoms with E-state index in [0.717, 1.165) is 5.56 Å². The van der Waals surface area contributed by atoms with Gasteiger partial charge in [-0.1, -0.05) is 19.1 Å². The van der Waals surface area contributed by atoms with Crippen molar-refractivity contribution in [2.24, 2.45) is 10.8 Å². The Bertz CT molecular complexity index is 719. The Hall–Kier alpha value is -2.83. The molecule has 154 valence electrons. The second kappa shape index (κ2) is 9.92. The predicted molar refractivity (Wildman–Crippen MR) is 104 cm³/mol. The maximum absolute atomic E-state index is 12.1. The smallest absolute Gasteiger partial charge is 0.330 e. The normalized spacial score (nSPS) is 13.6. The van der Waals surface area contributed by atoms with Gasteiger partial charge in [0.15, 0.2) is 0 Å². The van der Waals surface area contributed by atoms with Gasteiger partial charge >= 0.3 is 17.9 Å². The van der Waals surface area contributed by atoms with E-state index in [9.17, 15) is 19.5 Å². The monoisotopic (exact) mass is 392 g/mol. The van der Waals surface area contributed by atoms with Gasteiger partial charge in [-0.2, -0.15) is 0 Å². The van der Waals surface area contributed by atoms with Crippen LogP contribution in [0.15, 0.2) is 30.3 Å². The van der Waals surface area contributed by atoms with Crippen LogP contribution in [0.5, 0.6) is 5.75 Å². The molecule has 0 aromatic heterocycles. The summed E-state index contributed by atoms with van der Waals surface area (Å²) >= 11 is 0. The number of esters is 2. The molecule has 0 aliphatic rings. The van der Waals surface area contributed by atoms with Gasteiger partial charge < -0.3 is 19.3 Å². The highest BCUT2D eigenvalue weighted by Gasteiger charge is 2.38. The van der Waals surface area contributed by atoms with Crippen LogP contribution in [-0.4, -0.2) is 43.3 Å². The molecular formula is C21H28O7. The van der Waals surface area contributed by atoms with E-state index in [1.54, 1.807) is 51.3 Å². The third kappa shape index (κ3) is 6.72. The Morgan fingerprint density at radius 1 is 1.04 bits per heavy atom. The van der Waals surface area contributed by atoms with Crippen LogP contribution >= 0.6 is 0 Å². The van der Waals surface area contributed by atoms with E-state index < -0.39 is 35.3 Å². The largest absolute Gasteiger partial charge is 0.497 e. The van der Waals surface area contributed by atoms with Crippen molar-refractivity contribution >= 4 is 24.0 Å². The minimum absolute atomic E-state index is 0.389. The van der Waals surface area contributed by atoms with E-state index in [0.29, 0.717) is 12.2 Å². The lowest BCUT2D eigenvalue weighted by Gasteiger charge is -2.27. The number of carbonyl (C=O) groups is 3. The topological polar surface area (TPSA) is 99.1 Å². The Morgan fingerprint density at radius 2 is 1.61 bits per heavy atom. The molecule has 28 heavy (non-hydrogen) atoms. The first-order valence-corrected chi connectivity index (χ1v) is 8.93. The number of ether oxygens (including phenoxy) is 3. The molecular weight excluding hydrogens is 364 g/mol. The molecule has 7 heteroatoms. The van der Waals surface area contributed by atoms with Crippen LogP contribution in [0.4, 0.5) is 0 Å². The third-order valence-corrected chi connectivity index (χ3v) is 4.54. The number of benzene rings is 1. The van der Waals surface area contributed by atoms with Crippen LogP contribution in [0.3, 0.4) is 0 Å². The number of methoxy groups -OCH3 is 1. The predicted octanol–water partition coefficient (Wildman–Crippen LogP) is 3.32. The van der Waals surface area contributed by atoms with Crippen LogP contribution in [0.2, 0.25) is 0 Å². The third-order valence-electron chi connectivity index (χ3n) is 4.54. The average molecular weight is 392 g/mol. The second-order valence-electron chi connectivity index (χ2n) is 7.39. The van der Waals surface area contributed by atoms with Gasteiger partial charge in [0.1, 0.15) is 24.4 Å². The van der Waals surface area contributed by atoms with Crippen molar-refractivity contribution in [1.29, 1.82) is 0 Å². The Balaban J connectivity index is 2.65. The Morgan fingerprint density at radius 3 is 2.11 bits per heavy atom. The van der Waals surface area contributed by atoms with Crippen molar-refractivity contribution in [3.05, 3.63) is 35.9 Å². The van der Waals surface area contributed by atoms with Gasteiger partial charge in [-0.25, -0.2) is 4.79 Å². The van der Waals surface area contributed by atoms with E-state index in [1.165, 1.54) is 13.0 Å². The van der Waals surface area contributed by atoms with Gasteiger partial charge in [-0.3, -0.25) is 9.59 Å². The summed E-state index contributed by atoms with van der Waals surface area (Å²) in [5.41, 5.74) is -1.49. The van der Waals surface area contributed by atoms with Gasteiger partial charge in [0.25, 0.3) is 0 Å². The summed E-state index contributed by atoms with van der Waals surface area (Å²) in [5.74, 6) is -1.71. The van der Waals surface area contributed by atoms with Crippen molar-refractivity contribution in [2.45, 2.75) is 34.1 Å². The van der Waals surface area contributed by atoms with Crippen LogP contribution in [0.1, 0.15) is 39.7 Å². The van der Waals surface area contributed by atoms with E-state index in [2.05, 4.69) is 0 Å². The average Bonchev–Trinajstić information content (AvgIpc) is 2.68. The molecule has 0 bridgehead atoms. The first kappa shape index (κ1) is 23.2. The molecule has 1 N–H and O–H groups in total. The molecule has 1 rings (SSSR count). The van der Waals surface area contributed by atoms with Gasteiger partial charge in [0.05, 0.1) is 12.5 Å². The van der Waals surface area contributed by atoms with Gasteiger partial charge in [0, 0.05) is 6.08 Å². The highest BCUT2D eigenvalue weighted by molar-refractivity contribution is 5.87. The Kier molecular flexibility index (Phi) is 8.22. The molecule has 0 saturated carbocycles. The van der Waals surface area contributed by atoms with E-state index >= 15 is 0 Å². The van der Waals surface area contributed by atoms with Gasteiger partial charge in [-0.05, 0) is 51.0 Å². The molecule has 1 atom stereocenters. The summed E-state index contributed by atoms with van der Waals surface area (Å²) in [7, 11) is 1.56. The van der Waals surface area contributed by atoms with E-state index in [-0.39, 0.29) is 6.61 Å². The Labute approximate surface area is 165 Å². The highest BCUT2D eigenvalue weighted by atomic mass is 16.6. The number of hydrogen-bond donors (Lipinski definition) is 1. The number of carbonyl (C=O) groups excluding carboxylic acids is 2. The van der Waals surface area contributed by atoms with Crippen molar-refractivity contribution in [1.82, 2.24) is 0 Å². The molecule has 1 unspecified atom stereocenters. The first-order chi connectivity index (χ1) is 13.0. The number of hydrogen-bond acceptors (Lipinski definition) is 6. The zero-order valence-corrected chi connectivity index (χ0v) is 17.0. The quantitative estimate of drug-likeness (QED) is 0.482. The summed E-state index contributed by atoms with van der Waals surface area (Å²) in [4.78, 5) is 35.6. The number of rotatable bonds is 10. The zero-order chi connectivity index (χ0) is 21.4. The SMILES string of the molecule is CCC(C)(C)C(=O)OCC(C)(COC(=O)/C=C/c1ccc(OC)cc1)C(=O)O. The molecule has 0 heterocycles. The van der Waals surface area contributed by atoms with Crippen LogP contribution in [0, 0.1) is 10.8 Å². The lowest BCUT2D eigenvalue weighted by molar-refractivity contribution is -0.168. The fourth-order valence-electron chi connectivity index (χ4n) is 1.89. The molecule has 0 amide bonds. The summed E-state index contributed by atoms with van der Waals surface area (Å²) in [6.45, 7) is 5.83. The number of carboxylic acids is 1. The summed E-state index contributed by atoms with van der Waals surface area (Å²) < 4.78 is 15.3. The second-order valence-corrected chi connectivity index (χ2v) is 7.39. The van der Waals surface area contributed by atoms with Crippen LogP contribution in [0.25, 0.3) is 6.08 Å². The first-order valence-electron chi connectivity index (χ1n) is 8.93. The number of carboxylic acid groups (broad SMARTS) is 1. The summed E-state index contributed by atoms with van der Waals surface area (Å²) in [5, 5.41) is 9.46. The minimum atomic E-state index is -1.54. The fraction of sp³-hybridized carbons (Fsp3) is 0.476. The standard InChI is InChI=1S/C21H28O7/c1-6-20(2,3)19(25)28-14-21(4,18(23)24)13-27-17(22)12-9-15-7-10-16(26-5)11-8-15/h7-12H,6,13-14H2,1-5H3,(H,23,24)/b12-9+.